The molecule has 1 rings (SSSR count). The van der Waals surface area contributed by atoms with Crippen molar-refractivity contribution in [3.63, 3.8) is 0 Å². The van der Waals surface area contributed by atoms with E-state index < -0.39 is 0 Å². The molecule has 0 radical (unpaired) electrons. The van der Waals surface area contributed by atoms with Gasteiger partial charge in [0, 0.05) is 20.1 Å². The fraction of sp³-hybridized carbons (Fsp3) is 1.00. The SMILES string of the molecule is COC[C@@H]1C[C@@H](C)C(C)[C@@H]1OC. The van der Waals surface area contributed by atoms with Gasteiger partial charge in [-0.05, 0) is 18.3 Å². The van der Waals surface area contributed by atoms with Gasteiger partial charge in [-0.2, -0.15) is 0 Å². The fourth-order valence-electron chi connectivity index (χ4n) is 2.36. The molecule has 0 heterocycles. The van der Waals surface area contributed by atoms with Crippen LogP contribution in [0.4, 0.5) is 0 Å². The van der Waals surface area contributed by atoms with E-state index in [0.717, 1.165) is 12.5 Å². The highest BCUT2D eigenvalue weighted by atomic mass is 16.5. The Morgan fingerprint density at radius 3 is 2.42 bits per heavy atom. The lowest BCUT2D eigenvalue weighted by atomic mass is 9.99. The van der Waals surface area contributed by atoms with Gasteiger partial charge in [0.2, 0.25) is 0 Å². The van der Waals surface area contributed by atoms with Crippen LogP contribution in [-0.2, 0) is 9.47 Å². The Morgan fingerprint density at radius 2 is 1.92 bits per heavy atom. The second-order valence-corrected chi connectivity index (χ2v) is 3.99. The summed E-state index contributed by atoms with van der Waals surface area (Å²) in [5, 5.41) is 0. The van der Waals surface area contributed by atoms with E-state index in [9.17, 15) is 0 Å². The molecule has 2 nitrogen and oxygen atoms in total. The van der Waals surface area contributed by atoms with Crippen molar-refractivity contribution in [2.45, 2.75) is 26.4 Å². The highest BCUT2D eigenvalue weighted by Crippen LogP contribution is 2.37. The van der Waals surface area contributed by atoms with Crippen LogP contribution < -0.4 is 0 Å². The van der Waals surface area contributed by atoms with Crippen LogP contribution in [0.2, 0.25) is 0 Å². The summed E-state index contributed by atoms with van der Waals surface area (Å²) in [6, 6.07) is 0. The predicted octanol–water partition coefficient (Wildman–Crippen LogP) is 1.94. The first-order valence-electron chi connectivity index (χ1n) is 4.72. The molecule has 0 aliphatic heterocycles. The molecular formula is C10H20O2. The zero-order valence-corrected chi connectivity index (χ0v) is 8.54. The molecule has 1 aliphatic carbocycles. The molecule has 4 atom stereocenters. The quantitative estimate of drug-likeness (QED) is 0.647. The Labute approximate surface area is 75.2 Å². The van der Waals surface area contributed by atoms with Crippen LogP contribution in [0.1, 0.15) is 20.3 Å². The summed E-state index contributed by atoms with van der Waals surface area (Å²) in [6.07, 6.45) is 1.65. The summed E-state index contributed by atoms with van der Waals surface area (Å²) >= 11 is 0. The van der Waals surface area contributed by atoms with Crippen molar-refractivity contribution in [1.29, 1.82) is 0 Å². The van der Waals surface area contributed by atoms with Crippen LogP contribution in [0.25, 0.3) is 0 Å². The first kappa shape index (κ1) is 10.0. The van der Waals surface area contributed by atoms with Gasteiger partial charge in [0.05, 0.1) is 12.7 Å². The number of methoxy groups -OCH3 is 2. The monoisotopic (exact) mass is 172 g/mol. The van der Waals surface area contributed by atoms with Crippen molar-refractivity contribution in [2.24, 2.45) is 17.8 Å². The number of hydrogen-bond acceptors (Lipinski definition) is 2. The minimum absolute atomic E-state index is 0.403. The van der Waals surface area contributed by atoms with E-state index in [4.69, 9.17) is 9.47 Å². The molecule has 0 amide bonds. The third-order valence-corrected chi connectivity index (χ3v) is 3.21. The first-order chi connectivity index (χ1) is 5.70. The van der Waals surface area contributed by atoms with Crippen LogP contribution >= 0.6 is 0 Å². The Kier molecular flexibility index (Phi) is 3.53. The van der Waals surface area contributed by atoms with E-state index in [1.54, 1.807) is 7.11 Å². The number of hydrogen-bond donors (Lipinski definition) is 0. The molecule has 1 fully saturated rings. The lowest BCUT2D eigenvalue weighted by Crippen LogP contribution is -2.25. The van der Waals surface area contributed by atoms with Crippen LogP contribution in [0.3, 0.4) is 0 Å². The van der Waals surface area contributed by atoms with Crippen molar-refractivity contribution in [2.75, 3.05) is 20.8 Å². The Bertz CT molecular complexity index is 136. The molecule has 0 aromatic rings. The molecule has 0 N–H and O–H groups in total. The van der Waals surface area contributed by atoms with E-state index in [0.29, 0.717) is 17.9 Å². The number of rotatable bonds is 3. The molecule has 1 saturated carbocycles. The third-order valence-electron chi connectivity index (χ3n) is 3.21. The predicted molar refractivity (Wildman–Crippen MR) is 49.1 cm³/mol. The van der Waals surface area contributed by atoms with Gasteiger partial charge in [0.15, 0.2) is 0 Å². The first-order valence-corrected chi connectivity index (χ1v) is 4.72. The van der Waals surface area contributed by atoms with Crippen molar-refractivity contribution in [1.82, 2.24) is 0 Å². The van der Waals surface area contributed by atoms with Crippen LogP contribution in [0, 0.1) is 17.8 Å². The molecular weight excluding hydrogens is 152 g/mol. The zero-order chi connectivity index (χ0) is 9.14. The molecule has 0 aromatic heterocycles. The molecule has 0 bridgehead atoms. The Morgan fingerprint density at radius 1 is 1.25 bits per heavy atom. The highest BCUT2D eigenvalue weighted by molar-refractivity contribution is 4.87. The standard InChI is InChI=1S/C10H20O2/c1-7-5-9(6-11-3)10(12-4)8(7)2/h7-10H,5-6H2,1-4H3/t7-,8?,9+,10+/m1/s1. The molecule has 0 spiro atoms. The lowest BCUT2D eigenvalue weighted by molar-refractivity contribution is 0.0111. The summed E-state index contributed by atoms with van der Waals surface area (Å²) in [5.41, 5.74) is 0. The van der Waals surface area contributed by atoms with Gasteiger partial charge >= 0.3 is 0 Å². The minimum atomic E-state index is 0.403. The second-order valence-electron chi connectivity index (χ2n) is 3.99. The van der Waals surface area contributed by atoms with Gasteiger partial charge in [-0.25, -0.2) is 0 Å². The summed E-state index contributed by atoms with van der Waals surface area (Å²) < 4.78 is 10.7. The zero-order valence-electron chi connectivity index (χ0n) is 8.54. The molecule has 1 unspecified atom stereocenters. The molecule has 0 aromatic carbocycles. The van der Waals surface area contributed by atoms with Crippen molar-refractivity contribution >= 4 is 0 Å². The van der Waals surface area contributed by atoms with E-state index in [2.05, 4.69) is 13.8 Å². The van der Waals surface area contributed by atoms with E-state index in [1.165, 1.54) is 6.42 Å². The van der Waals surface area contributed by atoms with Crippen LogP contribution in [-0.4, -0.2) is 26.9 Å². The summed E-state index contributed by atoms with van der Waals surface area (Å²) in [7, 11) is 3.57. The second kappa shape index (κ2) is 4.24. The smallest absolute Gasteiger partial charge is 0.0649 e. The summed E-state index contributed by atoms with van der Waals surface area (Å²) in [5.74, 6) is 2.05. The molecule has 2 heteroatoms. The molecule has 12 heavy (non-hydrogen) atoms. The van der Waals surface area contributed by atoms with Gasteiger partial charge in [0.25, 0.3) is 0 Å². The van der Waals surface area contributed by atoms with Crippen molar-refractivity contribution in [3.05, 3.63) is 0 Å². The topological polar surface area (TPSA) is 18.5 Å². The van der Waals surface area contributed by atoms with Crippen LogP contribution in [0.5, 0.6) is 0 Å². The molecule has 0 saturated heterocycles. The van der Waals surface area contributed by atoms with Gasteiger partial charge in [-0.1, -0.05) is 13.8 Å². The fourth-order valence-corrected chi connectivity index (χ4v) is 2.36. The summed E-state index contributed by atoms with van der Waals surface area (Å²) in [4.78, 5) is 0. The van der Waals surface area contributed by atoms with E-state index >= 15 is 0 Å². The minimum Gasteiger partial charge on any atom is -0.384 e. The van der Waals surface area contributed by atoms with Crippen molar-refractivity contribution in [3.8, 4) is 0 Å². The Hall–Kier alpha value is -0.0800. The summed E-state index contributed by atoms with van der Waals surface area (Å²) in [6.45, 7) is 5.41. The van der Waals surface area contributed by atoms with Gasteiger partial charge in [-0.15, -0.1) is 0 Å². The molecule has 1 aliphatic rings. The van der Waals surface area contributed by atoms with Gasteiger partial charge < -0.3 is 9.47 Å². The average Bonchev–Trinajstić information content (AvgIpc) is 2.29. The lowest BCUT2D eigenvalue weighted by Gasteiger charge is -2.20. The average molecular weight is 172 g/mol. The number of ether oxygens (including phenoxy) is 2. The Balaban J connectivity index is 2.52. The maximum absolute atomic E-state index is 5.48. The largest absolute Gasteiger partial charge is 0.384 e. The van der Waals surface area contributed by atoms with Crippen molar-refractivity contribution < 1.29 is 9.47 Å². The molecule has 72 valence electrons. The maximum atomic E-state index is 5.48. The van der Waals surface area contributed by atoms with Gasteiger partial charge in [-0.3, -0.25) is 0 Å². The van der Waals surface area contributed by atoms with Gasteiger partial charge in [0.1, 0.15) is 0 Å². The van der Waals surface area contributed by atoms with E-state index in [1.807, 2.05) is 7.11 Å². The highest BCUT2D eigenvalue weighted by Gasteiger charge is 2.38. The van der Waals surface area contributed by atoms with Crippen LogP contribution in [0.15, 0.2) is 0 Å². The normalized spacial score (nSPS) is 42.0. The third kappa shape index (κ3) is 1.80. The van der Waals surface area contributed by atoms with E-state index in [-0.39, 0.29) is 0 Å². The maximum Gasteiger partial charge on any atom is 0.0649 e.